The van der Waals surface area contributed by atoms with Crippen molar-refractivity contribution in [3.63, 3.8) is 0 Å². The van der Waals surface area contributed by atoms with Crippen LogP contribution in [-0.4, -0.2) is 13.8 Å². The van der Waals surface area contributed by atoms with E-state index in [1.165, 1.54) is 5.57 Å². The third-order valence-corrected chi connectivity index (χ3v) is 6.91. The predicted octanol–water partition coefficient (Wildman–Crippen LogP) is 7.65. The van der Waals surface area contributed by atoms with E-state index in [-0.39, 0.29) is 24.7 Å². The number of hydrogen-bond acceptors (Lipinski definition) is 0. The van der Waals surface area contributed by atoms with Crippen LogP contribution in [0.3, 0.4) is 0 Å². The van der Waals surface area contributed by atoms with Crippen LogP contribution in [0, 0.1) is 25.2 Å². The molecular formula is C18H32Cl2FNSiTi-2. The van der Waals surface area contributed by atoms with Gasteiger partial charge in [-0.1, -0.05) is 66.7 Å². The Balaban J connectivity index is 0.00000123. The molecule has 2 unspecified atom stereocenters. The molecular weight excluding hydrogens is 396 g/mol. The third kappa shape index (κ3) is 8.05. The van der Waals surface area contributed by atoms with Crippen LogP contribution >= 0.6 is 18.6 Å². The van der Waals surface area contributed by atoms with Crippen LogP contribution in [0.5, 0.6) is 0 Å². The summed E-state index contributed by atoms with van der Waals surface area (Å²) in [6.07, 6.45) is 5.94. The van der Waals surface area contributed by atoms with Crippen LogP contribution in [0.15, 0.2) is 23.6 Å². The fourth-order valence-corrected chi connectivity index (χ4v) is 7.35. The second-order valence-corrected chi connectivity index (χ2v) is 15.2. The molecule has 0 radical (unpaired) electrons. The molecule has 6 heteroatoms. The second-order valence-electron chi connectivity index (χ2n) is 8.43. The molecule has 1 saturated carbocycles. The van der Waals surface area contributed by atoms with Crippen LogP contribution in [0.1, 0.15) is 40.5 Å². The summed E-state index contributed by atoms with van der Waals surface area (Å²) < 4.78 is 14.0. The van der Waals surface area contributed by atoms with Crippen molar-refractivity contribution in [1.29, 1.82) is 0 Å². The molecule has 2 rings (SSSR count). The number of nitrogens with zero attached hydrogens (tertiary/aromatic N) is 1. The van der Waals surface area contributed by atoms with E-state index < -0.39 is 25.3 Å². The Morgan fingerprint density at radius 1 is 1.21 bits per heavy atom. The zero-order valence-electron chi connectivity index (χ0n) is 16.1. The van der Waals surface area contributed by atoms with Crippen molar-refractivity contribution < 1.29 is 21.4 Å². The first kappa shape index (κ1) is 24.9. The quantitative estimate of drug-likeness (QED) is 0.324. The maximum atomic E-state index is 14.0. The van der Waals surface area contributed by atoms with Gasteiger partial charge < -0.3 is 12.4 Å². The number of allylic oxidation sites excluding steroid dienone is 4. The summed E-state index contributed by atoms with van der Waals surface area (Å²) in [5.74, 6) is 1.35. The van der Waals surface area contributed by atoms with Crippen LogP contribution in [0.25, 0.3) is 4.98 Å². The molecule has 0 aromatic rings. The molecule has 0 amide bonds. The average molecular weight is 428 g/mol. The van der Waals surface area contributed by atoms with Crippen molar-refractivity contribution >= 4 is 26.8 Å². The SMILES string of the molecule is C[C@H]1CC2C(F)=CC=C(C[Si](C)(C)[N-]C(C)(C)C)C2C1.[CH3-].[Cl][Ti][Cl]. The molecule has 0 aliphatic heterocycles. The summed E-state index contributed by atoms with van der Waals surface area (Å²) in [4.78, 5) is 5.07. The molecule has 0 spiro atoms. The molecule has 24 heavy (non-hydrogen) atoms. The molecule has 2 aliphatic carbocycles. The number of hydrogen-bond donors (Lipinski definition) is 0. The number of fused-ring (bicyclic) bond motifs is 1. The molecule has 140 valence electrons. The summed E-state index contributed by atoms with van der Waals surface area (Å²) >= 11 is -0.556. The Kier molecular flexibility index (Phi) is 10.7. The molecule has 1 fully saturated rings. The summed E-state index contributed by atoms with van der Waals surface area (Å²) in [6.45, 7) is 13.5. The Bertz CT molecular complexity index is 460. The third-order valence-electron chi connectivity index (χ3n) is 4.36. The van der Waals surface area contributed by atoms with Gasteiger partial charge in [0.1, 0.15) is 5.83 Å². The van der Waals surface area contributed by atoms with Gasteiger partial charge in [0.05, 0.1) is 0 Å². The fraction of sp³-hybridized carbons (Fsp3) is 0.722. The van der Waals surface area contributed by atoms with Crippen molar-refractivity contribution in [3.05, 3.63) is 36.0 Å². The van der Waals surface area contributed by atoms with Gasteiger partial charge in [0.25, 0.3) is 0 Å². The summed E-state index contributed by atoms with van der Waals surface area (Å²) in [6, 6.07) is 1.09. The molecule has 0 saturated heterocycles. The van der Waals surface area contributed by atoms with E-state index >= 15 is 0 Å². The molecule has 0 N–H and O–H groups in total. The van der Waals surface area contributed by atoms with Crippen LogP contribution in [0.4, 0.5) is 4.39 Å². The molecule has 2 aliphatic rings. The predicted molar refractivity (Wildman–Crippen MR) is 106 cm³/mol. The average Bonchev–Trinajstić information content (AvgIpc) is 2.73. The van der Waals surface area contributed by atoms with Crippen LogP contribution in [-0.2, 0) is 17.0 Å². The first-order valence-corrected chi connectivity index (χ1v) is 15.7. The fourth-order valence-electron chi connectivity index (χ4n) is 4.08. The van der Waals surface area contributed by atoms with Gasteiger partial charge in [-0.15, -0.1) is 5.54 Å². The van der Waals surface area contributed by atoms with Gasteiger partial charge in [0, 0.05) is 5.92 Å². The van der Waals surface area contributed by atoms with Gasteiger partial charge in [-0.2, -0.15) is 0 Å². The van der Waals surface area contributed by atoms with Gasteiger partial charge in [-0.25, -0.2) is 4.39 Å². The minimum atomic E-state index is -1.63. The maximum absolute atomic E-state index is 14.0. The van der Waals surface area contributed by atoms with E-state index in [9.17, 15) is 4.39 Å². The van der Waals surface area contributed by atoms with Crippen LogP contribution < -0.4 is 0 Å². The van der Waals surface area contributed by atoms with Crippen molar-refractivity contribution in [2.24, 2.45) is 17.8 Å². The van der Waals surface area contributed by atoms with Crippen molar-refractivity contribution in [3.8, 4) is 0 Å². The van der Waals surface area contributed by atoms with E-state index in [0.717, 1.165) is 18.9 Å². The Hall–Kier alpha value is 0.881. The summed E-state index contributed by atoms with van der Waals surface area (Å²) in [5, 5.41) is 0. The molecule has 0 bridgehead atoms. The van der Waals surface area contributed by atoms with E-state index in [1.54, 1.807) is 6.08 Å². The molecule has 0 heterocycles. The summed E-state index contributed by atoms with van der Waals surface area (Å²) in [7, 11) is 8.15. The van der Waals surface area contributed by atoms with E-state index in [2.05, 4.69) is 46.9 Å². The summed E-state index contributed by atoms with van der Waals surface area (Å²) in [5.41, 5.74) is 1.50. The Labute approximate surface area is 166 Å². The molecule has 3 atom stereocenters. The van der Waals surface area contributed by atoms with E-state index in [0.29, 0.717) is 11.8 Å². The first-order valence-electron chi connectivity index (χ1n) is 8.25. The van der Waals surface area contributed by atoms with Gasteiger partial charge in [-0.3, -0.25) is 0 Å². The second kappa shape index (κ2) is 10.3. The normalized spacial score (nSPS) is 26.3. The van der Waals surface area contributed by atoms with Gasteiger partial charge in [0.15, 0.2) is 0 Å². The first-order chi connectivity index (χ1) is 10.5. The minimum absolute atomic E-state index is 0. The Morgan fingerprint density at radius 2 is 1.71 bits per heavy atom. The molecule has 0 aromatic carbocycles. The van der Waals surface area contributed by atoms with E-state index in [4.69, 9.17) is 23.6 Å². The zero-order valence-corrected chi connectivity index (χ0v) is 20.2. The Morgan fingerprint density at radius 3 is 2.21 bits per heavy atom. The van der Waals surface area contributed by atoms with E-state index in [1.807, 2.05) is 0 Å². The van der Waals surface area contributed by atoms with Crippen molar-refractivity contribution in [2.45, 2.75) is 65.2 Å². The van der Waals surface area contributed by atoms with Gasteiger partial charge in [0.2, 0.25) is 0 Å². The van der Waals surface area contributed by atoms with Gasteiger partial charge >= 0.3 is 35.6 Å². The molecule has 0 aromatic heterocycles. The van der Waals surface area contributed by atoms with Crippen LogP contribution in [0.2, 0.25) is 19.1 Å². The van der Waals surface area contributed by atoms with Crippen molar-refractivity contribution in [2.75, 3.05) is 0 Å². The number of halogens is 3. The van der Waals surface area contributed by atoms with Gasteiger partial charge in [-0.05, 0) is 30.8 Å². The zero-order chi connectivity index (χ0) is 17.8. The van der Waals surface area contributed by atoms with Crippen molar-refractivity contribution in [1.82, 2.24) is 0 Å². The topological polar surface area (TPSA) is 14.1 Å². The monoisotopic (exact) mass is 427 g/mol. The standard InChI is InChI=1S/C17H29FNSi.CH3.2ClH.Ti/c1-12-9-14-13(7-8-16(18)15(14)10-12)11-20(5,6)19-17(2,3)4;;;;/h7-8,12,14-15H,9-11H2,1-6H3;1H3;2*1H;/q2*-1;;;+2/p-2/t12-,14?,15?;;;;/m1..../s1. The number of rotatable bonds is 3. The molecule has 1 nitrogen and oxygen atoms in total.